The van der Waals surface area contributed by atoms with E-state index in [-0.39, 0.29) is 5.60 Å². The van der Waals surface area contributed by atoms with Crippen LogP contribution in [0.25, 0.3) is 0 Å². The van der Waals surface area contributed by atoms with Gasteiger partial charge in [0.2, 0.25) is 0 Å². The van der Waals surface area contributed by atoms with Gasteiger partial charge in [0.05, 0.1) is 5.60 Å². The summed E-state index contributed by atoms with van der Waals surface area (Å²) in [6.45, 7) is 11.5. The SMILES string of the molecule is CC.CC.CN1CC(C)(O)C1. The van der Waals surface area contributed by atoms with Gasteiger partial charge in [0.1, 0.15) is 0 Å². The Morgan fingerprint density at radius 1 is 1.09 bits per heavy atom. The van der Waals surface area contributed by atoms with Gasteiger partial charge in [-0.15, -0.1) is 0 Å². The number of hydrogen-bond donors (Lipinski definition) is 1. The Balaban J connectivity index is 0. The summed E-state index contributed by atoms with van der Waals surface area (Å²) in [5.41, 5.74) is -0.380. The largest absolute Gasteiger partial charge is 0.388 e. The fraction of sp³-hybridized carbons (Fsp3) is 1.00. The molecule has 11 heavy (non-hydrogen) atoms. The molecule has 0 aromatic heterocycles. The van der Waals surface area contributed by atoms with Gasteiger partial charge >= 0.3 is 0 Å². The molecule has 0 aromatic rings. The normalized spacial score (nSPS) is 19.9. The molecule has 0 bridgehead atoms. The lowest BCUT2D eigenvalue weighted by Crippen LogP contribution is -2.57. The van der Waals surface area contributed by atoms with Gasteiger partial charge in [-0.1, -0.05) is 27.7 Å². The van der Waals surface area contributed by atoms with Gasteiger partial charge in [0.15, 0.2) is 0 Å². The number of likely N-dealkylation sites (N-methyl/N-ethyl adjacent to an activating group) is 1. The lowest BCUT2D eigenvalue weighted by molar-refractivity contribution is -0.0705. The van der Waals surface area contributed by atoms with Gasteiger partial charge in [0.25, 0.3) is 0 Å². The van der Waals surface area contributed by atoms with Crippen LogP contribution in [-0.4, -0.2) is 35.7 Å². The minimum atomic E-state index is -0.380. The van der Waals surface area contributed by atoms with E-state index >= 15 is 0 Å². The van der Waals surface area contributed by atoms with E-state index in [2.05, 4.69) is 4.90 Å². The van der Waals surface area contributed by atoms with Crippen LogP contribution < -0.4 is 0 Å². The minimum absolute atomic E-state index is 0.380. The number of aliphatic hydroxyl groups is 1. The Kier molecular flexibility index (Phi) is 8.13. The first-order valence-electron chi connectivity index (χ1n) is 4.51. The molecule has 0 spiro atoms. The predicted molar refractivity (Wildman–Crippen MR) is 50.8 cm³/mol. The lowest BCUT2D eigenvalue weighted by Gasteiger charge is -2.41. The molecule has 1 aliphatic heterocycles. The summed E-state index contributed by atoms with van der Waals surface area (Å²) in [5.74, 6) is 0. The smallest absolute Gasteiger partial charge is 0.0872 e. The van der Waals surface area contributed by atoms with Crippen LogP contribution in [0.4, 0.5) is 0 Å². The summed E-state index contributed by atoms with van der Waals surface area (Å²) in [4.78, 5) is 2.08. The fourth-order valence-electron chi connectivity index (χ4n) is 1.12. The Morgan fingerprint density at radius 3 is 1.36 bits per heavy atom. The van der Waals surface area contributed by atoms with Crippen LogP contribution in [0, 0.1) is 0 Å². The van der Waals surface area contributed by atoms with Gasteiger partial charge < -0.3 is 10.0 Å². The minimum Gasteiger partial charge on any atom is -0.388 e. The van der Waals surface area contributed by atoms with Crippen molar-refractivity contribution in [2.75, 3.05) is 20.1 Å². The van der Waals surface area contributed by atoms with Crippen molar-refractivity contribution in [3.8, 4) is 0 Å². The van der Waals surface area contributed by atoms with Crippen LogP contribution in [0.3, 0.4) is 0 Å². The number of likely N-dealkylation sites (tertiary alicyclic amines) is 1. The second-order valence-corrected chi connectivity index (χ2v) is 2.67. The van der Waals surface area contributed by atoms with Crippen molar-refractivity contribution >= 4 is 0 Å². The first-order valence-corrected chi connectivity index (χ1v) is 4.51. The highest BCUT2D eigenvalue weighted by molar-refractivity contribution is 4.88. The molecule has 0 saturated carbocycles. The van der Waals surface area contributed by atoms with E-state index in [9.17, 15) is 0 Å². The van der Waals surface area contributed by atoms with Crippen molar-refractivity contribution < 1.29 is 5.11 Å². The third-order valence-corrected chi connectivity index (χ3v) is 1.22. The average molecular weight is 161 g/mol. The van der Waals surface area contributed by atoms with Crippen LogP contribution in [0.1, 0.15) is 34.6 Å². The predicted octanol–water partition coefficient (Wildman–Crippen LogP) is 1.74. The first-order chi connectivity index (χ1) is 5.10. The zero-order valence-electron chi connectivity index (χ0n) is 8.81. The molecule has 0 aliphatic carbocycles. The Bertz CT molecular complexity index is 73.6. The Morgan fingerprint density at radius 2 is 1.36 bits per heavy atom. The summed E-state index contributed by atoms with van der Waals surface area (Å²) in [6, 6.07) is 0. The zero-order chi connectivity index (χ0) is 9.49. The van der Waals surface area contributed by atoms with Gasteiger partial charge in [0, 0.05) is 13.1 Å². The molecule has 1 aliphatic rings. The number of nitrogens with zero attached hydrogens (tertiary/aromatic N) is 1. The number of β-amino-alcohol motifs (C(OH)–C–C–N with tert-alkyl or cyclic N) is 1. The molecule has 2 heteroatoms. The van der Waals surface area contributed by atoms with E-state index in [1.165, 1.54) is 0 Å². The third kappa shape index (κ3) is 6.32. The summed E-state index contributed by atoms with van der Waals surface area (Å²) in [5, 5.41) is 9.04. The molecular weight excluding hydrogens is 138 g/mol. The van der Waals surface area contributed by atoms with E-state index in [1.54, 1.807) is 0 Å². The second kappa shape index (κ2) is 6.62. The number of hydrogen-bond acceptors (Lipinski definition) is 2. The lowest BCUT2D eigenvalue weighted by atomic mass is 9.98. The molecular formula is C9H23NO. The zero-order valence-corrected chi connectivity index (χ0v) is 8.81. The summed E-state index contributed by atoms with van der Waals surface area (Å²) in [7, 11) is 2.00. The monoisotopic (exact) mass is 161 g/mol. The molecule has 70 valence electrons. The molecule has 0 aromatic carbocycles. The van der Waals surface area contributed by atoms with Crippen LogP contribution in [0.5, 0.6) is 0 Å². The Labute approximate surface area is 71.2 Å². The van der Waals surface area contributed by atoms with Crippen molar-refractivity contribution in [1.82, 2.24) is 4.90 Å². The maximum Gasteiger partial charge on any atom is 0.0872 e. The van der Waals surface area contributed by atoms with Gasteiger partial charge in [-0.2, -0.15) is 0 Å². The Hall–Kier alpha value is -0.0800. The van der Waals surface area contributed by atoms with Gasteiger partial charge in [-0.25, -0.2) is 0 Å². The topological polar surface area (TPSA) is 23.5 Å². The quantitative estimate of drug-likeness (QED) is 0.585. The van der Waals surface area contributed by atoms with Crippen LogP contribution >= 0.6 is 0 Å². The van der Waals surface area contributed by atoms with E-state index in [0.29, 0.717) is 0 Å². The first kappa shape index (κ1) is 13.5. The van der Waals surface area contributed by atoms with Crippen molar-refractivity contribution in [3.63, 3.8) is 0 Å². The van der Waals surface area contributed by atoms with E-state index in [4.69, 9.17) is 5.11 Å². The van der Waals surface area contributed by atoms with Crippen molar-refractivity contribution in [3.05, 3.63) is 0 Å². The van der Waals surface area contributed by atoms with E-state index in [0.717, 1.165) is 13.1 Å². The van der Waals surface area contributed by atoms with Gasteiger partial charge in [-0.3, -0.25) is 0 Å². The molecule has 1 N–H and O–H groups in total. The molecule has 0 radical (unpaired) electrons. The molecule has 1 heterocycles. The fourth-order valence-corrected chi connectivity index (χ4v) is 1.12. The van der Waals surface area contributed by atoms with Crippen molar-refractivity contribution in [1.29, 1.82) is 0 Å². The standard InChI is InChI=1S/C5H11NO.2C2H6/c1-5(7)3-6(2)4-5;2*1-2/h7H,3-4H2,1-2H3;2*1-2H3. The highest BCUT2D eigenvalue weighted by atomic mass is 16.3. The molecule has 1 saturated heterocycles. The van der Waals surface area contributed by atoms with Crippen molar-refractivity contribution in [2.45, 2.75) is 40.2 Å². The van der Waals surface area contributed by atoms with Crippen LogP contribution in [0.15, 0.2) is 0 Å². The third-order valence-electron chi connectivity index (χ3n) is 1.22. The molecule has 2 nitrogen and oxygen atoms in total. The summed E-state index contributed by atoms with van der Waals surface area (Å²) < 4.78 is 0. The van der Waals surface area contributed by atoms with E-state index in [1.807, 2.05) is 41.7 Å². The van der Waals surface area contributed by atoms with Crippen LogP contribution in [0.2, 0.25) is 0 Å². The van der Waals surface area contributed by atoms with Crippen molar-refractivity contribution in [2.24, 2.45) is 0 Å². The summed E-state index contributed by atoms with van der Waals surface area (Å²) >= 11 is 0. The highest BCUT2D eigenvalue weighted by Crippen LogP contribution is 2.16. The molecule has 1 rings (SSSR count). The molecule has 0 atom stereocenters. The van der Waals surface area contributed by atoms with Gasteiger partial charge in [-0.05, 0) is 14.0 Å². The average Bonchev–Trinajstić information content (AvgIpc) is 1.93. The second-order valence-electron chi connectivity index (χ2n) is 2.67. The molecule has 1 fully saturated rings. The van der Waals surface area contributed by atoms with E-state index < -0.39 is 0 Å². The van der Waals surface area contributed by atoms with Crippen LogP contribution in [-0.2, 0) is 0 Å². The highest BCUT2D eigenvalue weighted by Gasteiger charge is 2.33. The molecule has 0 amide bonds. The number of rotatable bonds is 0. The maximum atomic E-state index is 9.04. The molecule has 0 unspecified atom stereocenters. The maximum absolute atomic E-state index is 9.04. The summed E-state index contributed by atoms with van der Waals surface area (Å²) in [6.07, 6.45) is 0.